The van der Waals surface area contributed by atoms with Gasteiger partial charge in [0.15, 0.2) is 16.5 Å². The molecule has 0 spiro atoms. The van der Waals surface area contributed by atoms with Crippen LogP contribution in [0.2, 0.25) is 0 Å². The molecule has 0 saturated carbocycles. The first-order valence-corrected chi connectivity index (χ1v) is 10.8. The number of nitrogens with zero attached hydrogens (tertiary/aromatic N) is 2. The Morgan fingerprint density at radius 2 is 1.72 bits per heavy atom. The summed E-state index contributed by atoms with van der Waals surface area (Å²) in [7, 11) is -0.707. The van der Waals surface area contributed by atoms with Crippen molar-refractivity contribution in [1.82, 2.24) is 9.55 Å². The lowest BCUT2D eigenvalue weighted by Gasteiger charge is -2.14. The molecule has 7 nitrogen and oxygen atoms in total. The van der Waals surface area contributed by atoms with E-state index >= 15 is 0 Å². The number of imidazole rings is 1. The van der Waals surface area contributed by atoms with Crippen molar-refractivity contribution in [2.45, 2.75) is 31.2 Å². The van der Waals surface area contributed by atoms with Crippen LogP contribution < -0.4 is 14.2 Å². The van der Waals surface area contributed by atoms with E-state index in [1.54, 1.807) is 37.0 Å². The Morgan fingerprint density at radius 1 is 1.07 bits per heavy atom. The molecule has 1 aliphatic rings. The number of benzene rings is 2. The van der Waals surface area contributed by atoms with Crippen molar-refractivity contribution in [3.05, 3.63) is 59.5 Å². The summed E-state index contributed by atoms with van der Waals surface area (Å²) in [6.07, 6.45) is 1.91. The predicted octanol–water partition coefficient (Wildman–Crippen LogP) is 3.72. The molecule has 0 bridgehead atoms. The second-order valence-corrected chi connectivity index (χ2v) is 8.87. The lowest BCUT2D eigenvalue weighted by molar-refractivity contribution is 0.354. The summed E-state index contributed by atoms with van der Waals surface area (Å²) in [5.41, 5.74) is 3.32. The number of hydrogen-bond acceptors (Lipinski definition) is 5. The highest BCUT2D eigenvalue weighted by Crippen LogP contribution is 2.39. The van der Waals surface area contributed by atoms with Gasteiger partial charge in [0.25, 0.3) is 10.0 Å². The third-order valence-corrected chi connectivity index (χ3v) is 6.42. The number of hydrogen-bond donors (Lipinski definition) is 1. The van der Waals surface area contributed by atoms with E-state index in [-0.39, 0.29) is 5.03 Å². The predicted molar refractivity (Wildman–Crippen MR) is 111 cm³/mol. The monoisotopic (exact) mass is 413 g/mol. The molecular formula is C21H23N3O4S. The van der Waals surface area contributed by atoms with Gasteiger partial charge in [-0.15, -0.1) is 0 Å². The number of ether oxygens (including phenoxy) is 2. The maximum atomic E-state index is 13.1. The molecule has 2 aromatic carbocycles. The average molecular weight is 413 g/mol. The highest BCUT2D eigenvalue weighted by atomic mass is 32.2. The second kappa shape index (κ2) is 7.11. The summed E-state index contributed by atoms with van der Waals surface area (Å²) in [4.78, 5) is 4.33. The number of aromatic nitrogens is 2. The quantitative estimate of drug-likeness (QED) is 0.521. The fourth-order valence-corrected chi connectivity index (χ4v) is 4.70. The van der Waals surface area contributed by atoms with Gasteiger partial charge in [-0.1, -0.05) is 26.0 Å². The van der Waals surface area contributed by atoms with Crippen molar-refractivity contribution in [1.29, 1.82) is 0 Å². The molecule has 0 amide bonds. The van der Waals surface area contributed by atoms with Gasteiger partial charge in [-0.2, -0.15) is 8.42 Å². The van der Waals surface area contributed by atoms with Gasteiger partial charge in [0, 0.05) is 18.2 Å². The van der Waals surface area contributed by atoms with E-state index in [9.17, 15) is 8.42 Å². The number of fused-ring (bicyclic) bond motifs is 3. The molecule has 2 heterocycles. The third kappa shape index (κ3) is 3.33. The van der Waals surface area contributed by atoms with Gasteiger partial charge in [0.1, 0.15) is 5.82 Å². The normalized spacial score (nSPS) is 12.6. The molecular weight excluding hydrogens is 390 g/mol. The average Bonchev–Trinajstić information content (AvgIpc) is 3.26. The van der Waals surface area contributed by atoms with Crippen molar-refractivity contribution >= 4 is 15.7 Å². The first-order chi connectivity index (χ1) is 13.8. The minimum Gasteiger partial charge on any atom is -0.493 e. The molecule has 29 heavy (non-hydrogen) atoms. The van der Waals surface area contributed by atoms with Gasteiger partial charge < -0.3 is 9.47 Å². The van der Waals surface area contributed by atoms with Gasteiger partial charge in [0.05, 0.1) is 26.1 Å². The maximum Gasteiger partial charge on any atom is 0.279 e. The molecule has 0 fully saturated rings. The molecule has 0 unspecified atom stereocenters. The van der Waals surface area contributed by atoms with Crippen LogP contribution in [0.1, 0.15) is 36.7 Å². The van der Waals surface area contributed by atoms with Crippen molar-refractivity contribution in [3.8, 4) is 17.2 Å². The largest absolute Gasteiger partial charge is 0.493 e. The van der Waals surface area contributed by atoms with E-state index in [0.29, 0.717) is 35.3 Å². The van der Waals surface area contributed by atoms with E-state index in [4.69, 9.17) is 9.47 Å². The van der Waals surface area contributed by atoms with Crippen LogP contribution in [-0.2, 0) is 16.4 Å². The van der Waals surface area contributed by atoms with Gasteiger partial charge in [-0.3, -0.25) is 9.29 Å². The van der Waals surface area contributed by atoms with Crippen LogP contribution >= 0.6 is 0 Å². The Balaban J connectivity index is 1.72. The minimum atomic E-state index is -3.83. The summed E-state index contributed by atoms with van der Waals surface area (Å²) in [6.45, 7) is 4.19. The number of anilines is 1. The number of nitrogens with one attached hydrogen (secondary N) is 1. The van der Waals surface area contributed by atoms with Crippen molar-refractivity contribution in [3.63, 3.8) is 0 Å². The Bertz CT molecular complexity index is 1170. The SMILES string of the molecule is COc1cc2c(cc1OC)-n1c(S(=O)(=O)Nc3ccc(C(C)C)cc3)cnc1C2. The van der Waals surface area contributed by atoms with Gasteiger partial charge in [-0.25, -0.2) is 4.98 Å². The minimum absolute atomic E-state index is 0.0893. The Hall–Kier alpha value is -3.00. The van der Waals surface area contributed by atoms with Crippen molar-refractivity contribution in [2.24, 2.45) is 0 Å². The molecule has 3 aromatic rings. The van der Waals surface area contributed by atoms with E-state index < -0.39 is 10.0 Å². The number of sulfonamides is 1. The number of rotatable bonds is 6. The fraction of sp³-hybridized carbons (Fsp3) is 0.286. The molecule has 0 radical (unpaired) electrons. The molecule has 0 saturated heterocycles. The zero-order valence-electron chi connectivity index (χ0n) is 16.8. The van der Waals surface area contributed by atoms with Crippen LogP contribution in [0.5, 0.6) is 11.5 Å². The fourth-order valence-electron chi connectivity index (χ4n) is 3.52. The topological polar surface area (TPSA) is 82.5 Å². The van der Waals surface area contributed by atoms with Crippen LogP contribution in [0, 0.1) is 0 Å². The molecule has 1 N–H and O–H groups in total. The molecule has 1 aromatic heterocycles. The van der Waals surface area contributed by atoms with Crippen molar-refractivity contribution in [2.75, 3.05) is 18.9 Å². The number of methoxy groups -OCH3 is 2. The first-order valence-electron chi connectivity index (χ1n) is 9.28. The summed E-state index contributed by atoms with van der Waals surface area (Å²) >= 11 is 0. The maximum absolute atomic E-state index is 13.1. The van der Waals surface area contributed by atoms with Gasteiger partial charge in [0.2, 0.25) is 0 Å². The van der Waals surface area contributed by atoms with Crippen LogP contribution in [0.15, 0.2) is 47.6 Å². The molecule has 152 valence electrons. The molecule has 8 heteroatoms. The standard InChI is InChI=1S/C21H23N3O4S/c1-13(2)14-5-7-16(8-6-14)23-29(25,26)21-12-22-20-10-15-9-18(27-3)19(28-4)11-17(15)24(20)21/h5-9,11-13,23H,10H2,1-4H3. The van der Waals surface area contributed by atoms with Crippen LogP contribution in [0.25, 0.3) is 5.69 Å². The smallest absolute Gasteiger partial charge is 0.279 e. The molecule has 0 atom stereocenters. The van der Waals surface area contributed by atoms with Crippen LogP contribution in [-0.4, -0.2) is 32.2 Å². The van der Waals surface area contributed by atoms with Crippen molar-refractivity contribution < 1.29 is 17.9 Å². The Labute approximate surface area is 170 Å². The second-order valence-electron chi connectivity index (χ2n) is 7.24. The first kappa shape index (κ1) is 19.3. The summed E-state index contributed by atoms with van der Waals surface area (Å²) in [6, 6.07) is 11.0. The van der Waals surface area contributed by atoms with Gasteiger partial charge >= 0.3 is 0 Å². The van der Waals surface area contributed by atoms with E-state index in [2.05, 4.69) is 23.6 Å². The molecule has 0 aliphatic carbocycles. The summed E-state index contributed by atoms with van der Waals surface area (Å²) < 4.78 is 41.2. The third-order valence-electron chi connectivity index (χ3n) is 5.08. The highest BCUT2D eigenvalue weighted by Gasteiger charge is 2.30. The Morgan fingerprint density at radius 3 is 2.34 bits per heavy atom. The molecule has 4 rings (SSSR count). The lowest BCUT2D eigenvalue weighted by Crippen LogP contribution is -2.16. The van der Waals surface area contributed by atoms with E-state index in [1.807, 2.05) is 18.2 Å². The summed E-state index contributed by atoms with van der Waals surface area (Å²) in [5, 5.41) is 0.0893. The Kier molecular flexibility index (Phi) is 4.74. The summed E-state index contributed by atoms with van der Waals surface area (Å²) in [5.74, 6) is 2.17. The highest BCUT2D eigenvalue weighted by molar-refractivity contribution is 7.92. The van der Waals surface area contributed by atoms with E-state index in [0.717, 1.165) is 16.8 Å². The van der Waals surface area contributed by atoms with Gasteiger partial charge in [-0.05, 0) is 35.2 Å². The van der Waals surface area contributed by atoms with Crippen LogP contribution in [0.4, 0.5) is 5.69 Å². The molecule has 1 aliphatic heterocycles. The lowest BCUT2D eigenvalue weighted by atomic mass is 10.0. The van der Waals surface area contributed by atoms with E-state index in [1.165, 1.54) is 6.20 Å². The zero-order valence-corrected chi connectivity index (χ0v) is 17.6. The zero-order chi connectivity index (χ0) is 20.8. The van der Waals surface area contributed by atoms with Crippen LogP contribution in [0.3, 0.4) is 0 Å².